The number of carbonyl (C=O) groups is 1. The van der Waals surface area contributed by atoms with E-state index in [1.807, 2.05) is 40.1 Å². The lowest BCUT2D eigenvalue weighted by Gasteiger charge is -2.24. The molecule has 6 heteroatoms. The van der Waals surface area contributed by atoms with Crippen molar-refractivity contribution in [2.75, 3.05) is 6.54 Å². The summed E-state index contributed by atoms with van der Waals surface area (Å²) in [6, 6.07) is 8.04. The molecule has 3 aromatic rings. The summed E-state index contributed by atoms with van der Waals surface area (Å²) in [6.45, 7) is 1.44. The molecule has 0 saturated carbocycles. The van der Waals surface area contributed by atoms with Crippen LogP contribution in [0.3, 0.4) is 0 Å². The number of amides is 1. The molecule has 1 aliphatic heterocycles. The van der Waals surface area contributed by atoms with E-state index in [0.29, 0.717) is 13.0 Å². The van der Waals surface area contributed by atoms with Crippen LogP contribution in [0.1, 0.15) is 31.0 Å². The van der Waals surface area contributed by atoms with E-state index >= 15 is 0 Å². The molecule has 4 rings (SSSR count). The van der Waals surface area contributed by atoms with E-state index in [9.17, 15) is 4.79 Å². The predicted molar refractivity (Wildman–Crippen MR) is 90.1 cm³/mol. The lowest BCUT2D eigenvalue weighted by Crippen LogP contribution is -2.31. The molecule has 0 aliphatic carbocycles. The topological polar surface area (TPSA) is 63.9 Å². The number of imidazole rings is 1. The highest BCUT2D eigenvalue weighted by molar-refractivity contribution is 5.78. The average molecular weight is 321 g/mol. The molecule has 0 N–H and O–H groups in total. The van der Waals surface area contributed by atoms with Gasteiger partial charge in [0, 0.05) is 31.9 Å². The van der Waals surface area contributed by atoms with Crippen molar-refractivity contribution in [3.05, 3.63) is 54.9 Å². The SMILES string of the molecule is O=C(CCn1cnc2ccccc21)N1CCCC1c1cnccn1. The number of hydrogen-bond acceptors (Lipinski definition) is 4. The van der Waals surface area contributed by atoms with Gasteiger partial charge in [-0.05, 0) is 25.0 Å². The highest BCUT2D eigenvalue weighted by atomic mass is 16.2. The standard InChI is InChI=1S/C18H19N5O/c24-18(7-11-22-13-21-14-4-1-2-5-16(14)22)23-10-3-6-17(23)15-12-19-8-9-20-15/h1-2,4-5,8-9,12-13,17H,3,6-7,10-11H2. The molecule has 6 nitrogen and oxygen atoms in total. The summed E-state index contributed by atoms with van der Waals surface area (Å²) >= 11 is 0. The van der Waals surface area contributed by atoms with Crippen LogP contribution in [0.15, 0.2) is 49.2 Å². The first-order valence-electron chi connectivity index (χ1n) is 8.28. The fourth-order valence-electron chi connectivity index (χ4n) is 3.40. The number of likely N-dealkylation sites (tertiary alicyclic amines) is 1. The normalized spacial score (nSPS) is 17.5. The van der Waals surface area contributed by atoms with Crippen LogP contribution >= 0.6 is 0 Å². The van der Waals surface area contributed by atoms with Gasteiger partial charge in [0.25, 0.3) is 0 Å². The van der Waals surface area contributed by atoms with Crippen molar-refractivity contribution in [3.63, 3.8) is 0 Å². The van der Waals surface area contributed by atoms with Crippen LogP contribution in [-0.4, -0.2) is 36.9 Å². The van der Waals surface area contributed by atoms with E-state index in [0.717, 1.165) is 36.1 Å². The van der Waals surface area contributed by atoms with Crippen LogP contribution in [0.5, 0.6) is 0 Å². The molecule has 0 bridgehead atoms. The predicted octanol–water partition coefficient (Wildman–Crippen LogP) is 2.58. The van der Waals surface area contributed by atoms with E-state index in [-0.39, 0.29) is 11.9 Å². The fourth-order valence-corrected chi connectivity index (χ4v) is 3.40. The van der Waals surface area contributed by atoms with Gasteiger partial charge in [0.2, 0.25) is 5.91 Å². The maximum atomic E-state index is 12.7. The van der Waals surface area contributed by atoms with Crippen molar-refractivity contribution in [1.29, 1.82) is 0 Å². The third-order valence-corrected chi connectivity index (χ3v) is 4.59. The Bertz CT molecular complexity index is 845. The molecule has 24 heavy (non-hydrogen) atoms. The number of benzene rings is 1. The van der Waals surface area contributed by atoms with Gasteiger partial charge < -0.3 is 9.47 Å². The molecule has 122 valence electrons. The van der Waals surface area contributed by atoms with Crippen LogP contribution in [-0.2, 0) is 11.3 Å². The maximum absolute atomic E-state index is 12.7. The molecule has 2 aromatic heterocycles. The van der Waals surface area contributed by atoms with E-state index in [1.54, 1.807) is 18.6 Å². The first-order valence-corrected chi connectivity index (χ1v) is 8.28. The molecule has 1 aliphatic rings. The molecule has 0 radical (unpaired) electrons. The molecule has 1 amide bonds. The first-order chi connectivity index (χ1) is 11.8. The Labute approximate surface area is 140 Å². The second-order valence-corrected chi connectivity index (χ2v) is 6.05. The number of hydrogen-bond donors (Lipinski definition) is 0. The third kappa shape index (κ3) is 2.75. The van der Waals surface area contributed by atoms with Gasteiger partial charge in [-0.15, -0.1) is 0 Å². The molecular weight excluding hydrogens is 302 g/mol. The summed E-state index contributed by atoms with van der Waals surface area (Å²) < 4.78 is 2.04. The molecule has 1 aromatic carbocycles. The first kappa shape index (κ1) is 14.8. The summed E-state index contributed by atoms with van der Waals surface area (Å²) in [5.41, 5.74) is 2.91. The fraction of sp³-hybridized carbons (Fsp3) is 0.333. The van der Waals surface area contributed by atoms with Gasteiger partial charge in [0.15, 0.2) is 0 Å². The molecular formula is C18H19N5O. The lowest BCUT2D eigenvalue weighted by atomic mass is 10.1. The third-order valence-electron chi connectivity index (χ3n) is 4.59. The second-order valence-electron chi connectivity index (χ2n) is 6.05. The minimum Gasteiger partial charge on any atom is -0.334 e. The summed E-state index contributed by atoms with van der Waals surface area (Å²) in [6.07, 6.45) is 9.36. The molecule has 1 saturated heterocycles. The van der Waals surface area contributed by atoms with Crippen molar-refractivity contribution in [1.82, 2.24) is 24.4 Å². The van der Waals surface area contributed by atoms with Crippen LogP contribution < -0.4 is 0 Å². The van der Waals surface area contributed by atoms with E-state index < -0.39 is 0 Å². The number of aryl methyl sites for hydroxylation is 1. The number of nitrogens with zero attached hydrogens (tertiary/aromatic N) is 5. The van der Waals surface area contributed by atoms with Gasteiger partial charge in [0.05, 0.1) is 35.3 Å². The largest absolute Gasteiger partial charge is 0.334 e. The average Bonchev–Trinajstić information content (AvgIpc) is 3.28. The second kappa shape index (κ2) is 6.39. The quantitative estimate of drug-likeness (QED) is 0.741. The van der Waals surface area contributed by atoms with Crippen LogP contribution in [0, 0.1) is 0 Å². The van der Waals surface area contributed by atoms with E-state index in [1.165, 1.54) is 0 Å². The van der Waals surface area contributed by atoms with Crippen molar-refractivity contribution in [2.24, 2.45) is 0 Å². The van der Waals surface area contributed by atoms with Crippen molar-refractivity contribution in [2.45, 2.75) is 31.8 Å². The molecule has 1 unspecified atom stereocenters. The number of carbonyl (C=O) groups excluding carboxylic acids is 1. The molecule has 1 atom stereocenters. The Morgan fingerprint density at radius 1 is 1.21 bits per heavy atom. The highest BCUT2D eigenvalue weighted by Crippen LogP contribution is 2.30. The van der Waals surface area contributed by atoms with Crippen LogP contribution in [0.4, 0.5) is 0 Å². The smallest absolute Gasteiger partial charge is 0.224 e. The summed E-state index contributed by atoms with van der Waals surface area (Å²) in [5, 5.41) is 0. The van der Waals surface area contributed by atoms with Gasteiger partial charge in [-0.3, -0.25) is 14.8 Å². The van der Waals surface area contributed by atoms with Gasteiger partial charge in [-0.2, -0.15) is 0 Å². The van der Waals surface area contributed by atoms with Gasteiger partial charge in [0.1, 0.15) is 0 Å². The van der Waals surface area contributed by atoms with Crippen LogP contribution in [0.2, 0.25) is 0 Å². The van der Waals surface area contributed by atoms with Crippen LogP contribution in [0.25, 0.3) is 11.0 Å². The Morgan fingerprint density at radius 3 is 3.00 bits per heavy atom. The zero-order valence-electron chi connectivity index (χ0n) is 13.4. The monoisotopic (exact) mass is 321 g/mol. The maximum Gasteiger partial charge on any atom is 0.224 e. The van der Waals surface area contributed by atoms with Crippen molar-refractivity contribution >= 4 is 16.9 Å². The Morgan fingerprint density at radius 2 is 2.12 bits per heavy atom. The molecule has 0 spiro atoms. The lowest BCUT2D eigenvalue weighted by molar-refractivity contribution is -0.132. The van der Waals surface area contributed by atoms with Crippen molar-refractivity contribution < 1.29 is 4.79 Å². The Kier molecular flexibility index (Phi) is 3.94. The summed E-state index contributed by atoms with van der Waals surface area (Å²) in [5.74, 6) is 0.168. The zero-order chi connectivity index (χ0) is 16.4. The number of fused-ring (bicyclic) bond motifs is 1. The minimum atomic E-state index is 0.0609. The highest BCUT2D eigenvalue weighted by Gasteiger charge is 2.30. The Hall–Kier alpha value is -2.76. The minimum absolute atomic E-state index is 0.0609. The van der Waals surface area contributed by atoms with E-state index in [4.69, 9.17) is 0 Å². The number of para-hydroxylation sites is 2. The van der Waals surface area contributed by atoms with Crippen molar-refractivity contribution in [3.8, 4) is 0 Å². The summed E-state index contributed by atoms with van der Waals surface area (Å²) in [4.78, 5) is 27.5. The summed E-state index contributed by atoms with van der Waals surface area (Å²) in [7, 11) is 0. The van der Waals surface area contributed by atoms with Gasteiger partial charge in [-0.25, -0.2) is 4.98 Å². The van der Waals surface area contributed by atoms with E-state index in [2.05, 4.69) is 15.0 Å². The number of aromatic nitrogens is 4. The molecule has 3 heterocycles. The Balaban J connectivity index is 1.46. The number of rotatable bonds is 4. The van der Waals surface area contributed by atoms with Gasteiger partial charge in [-0.1, -0.05) is 12.1 Å². The van der Waals surface area contributed by atoms with Gasteiger partial charge >= 0.3 is 0 Å². The zero-order valence-corrected chi connectivity index (χ0v) is 13.4. The molecule has 1 fully saturated rings.